The monoisotopic (exact) mass is 297 g/mol. The Morgan fingerprint density at radius 1 is 1.47 bits per heavy atom. The van der Waals surface area contributed by atoms with E-state index >= 15 is 0 Å². The largest absolute Gasteiger partial charge is 0.330 e. The van der Waals surface area contributed by atoms with Gasteiger partial charge in [-0.3, -0.25) is 4.68 Å². The van der Waals surface area contributed by atoms with Crippen LogP contribution in [0.3, 0.4) is 0 Å². The molecule has 1 aromatic carbocycles. The van der Waals surface area contributed by atoms with Crippen LogP contribution in [0.2, 0.25) is 0 Å². The number of hydrogen-bond acceptors (Lipinski definition) is 2. The van der Waals surface area contributed by atoms with E-state index in [0.717, 1.165) is 27.8 Å². The summed E-state index contributed by atoms with van der Waals surface area (Å²) in [5, 5.41) is 4.39. The second-order valence-electron chi connectivity index (χ2n) is 3.78. The highest BCUT2D eigenvalue weighted by molar-refractivity contribution is 9.10. The van der Waals surface area contributed by atoms with E-state index in [1.54, 1.807) is 10.7 Å². The van der Waals surface area contributed by atoms with Crippen molar-refractivity contribution in [2.45, 2.75) is 6.42 Å². The van der Waals surface area contributed by atoms with Gasteiger partial charge in [0.2, 0.25) is 0 Å². The van der Waals surface area contributed by atoms with E-state index in [9.17, 15) is 4.39 Å². The molecular formula is C12H13BrFN3. The van der Waals surface area contributed by atoms with Gasteiger partial charge in [0.15, 0.2) is 0 Å². The molecule has 3 nitrogen and oxygen atoms in total. The van der Waals surface area contributed by atoms with Crippen LogP contribution in [0.25, 0.3) is 11.3 Å². The highest BCUT2D eigenvalue weighted by Crippen LogP contribution is 2.30. The van der Waals surface area contributed by atoms with Gasteiger partial charge in [-0.05, 0) is 34.6 Å². The van der Waals surface area contributed by atoms with Crippen molar-refractivity contribution in [2.75, 3.05) is 6.54 Å². The predicted molar refractivity (Wildman–Crippen MR) is 69.1 cm³/mol. The SMILES string of the molecule is Cn1nc(-c2cccc(F)c2)c(Br)c1CCN. The third-order valence-corrected chi connectivity index (χ3v) is 3.41. The fourth-order valence-electron chi connectivity index (χ4n) is 1.76. The zero-order valence-electron chi connectivity index (χ0n) is 9.45. The predicted octanol–water partition coefficient (Wildman–Crippen LogP) is 2.49. The summed E-state index contributed by atoms with van der Waals surface area (Å²) in [4.78, 5) is 0. The number of hydrogen-bond donors (Lipinski definition) is 1. The maximum atomic E-state index is 13.2. The molecule has 0 amide bonds. The first kappa shape index (κ1) is 12.3. The lowest BCUT2D eigenvalue weighted by molar-refractivity contribution is 0.628. The Bertz CT molecular complexity index is 537. The third kappa shape index (κ3) is 2.40. The van der Waals surface area contributed by atoms with Gasteiger partial charge in [-0.2, -0.15) is 5.10 Å². The van der Waals surface area contributed by atoms with Gasteiger partial charge < -0.3 is 5.73 Å². The van der Waals surface area contributed by atoms with E-state index < -0.39 is 0 Å². The number of halogens is 2. The molecule has 0 saturated carbocycles. The first-order chi connectivity index (χ1) is 8.13. The number of aromatic nitrogens is 2. The first-order valence-corrected chi connectivity index (χ1v) is 6.10. The second-order valence-corrected chi connectivity index (χ2v) is 4.57. The van der Waals surface area contributed by atoms with E-state index in [-0.39, 0.29) is 5.82 Å². The van der Waals surface area contributed by atoms with E-state index in [2.05, 4.69) is 21.0 Å². The molecule has 0 aliphatic carbocycles. The molecule has 90 valence electrons. The summed E-state index contributed by atoms with van der Waals surface area (Å²) in [7, 11) is 1.86. The Labute approximate surface area is 108 Å². The number of nitrogens with zero attached hydrogens (tertiary/aromatic N) is 2. The molecule has 0 spiro atoms. The Morgan fingerprint density at radius 3 is 2.88 bits per heavy atom. The summed E-state index contributed by atoms with van der Waals surface area (Å²) in [6.07, 6.45) is 0.736. The molecule has 0 unspecified atom stereocenters. The van der Waals surface area contributed by atoms with Crippen molar-refractivity contribution in [2.24, 2.45) is 12.8 Å². The van der Waals surface area contributed by atoms with E-state index in [4.69, 9.17) is 5.73 Å². The van der Waals surface area contributed by atoms with Gasteiger partial charge in [-0.1, -0.05) is 12.1 Å². The van der Waals surface area contributed by atoms with Gasteiger partial charge in [-0.25, -0.2) is 4.39 Å². The molecule has 0 fully saturated rings. The highest BCUT2D eigenvalue weighted by Gasteiger charge is 2.14. The Hall–Kier alpha value is -1.20. The average molecular weight is 298 g/mol. The van der Waals surface area contributed by atoms with Crippen LogP contribution in [0.15, 0.2) is 28.7 Å². The number of benzene rings is 1. The van der Waals surface area contributed by atoms with Crippen LogP contribution in [0.1, 0.15) is 5.69 Å². The number of rotatable bonds is 3. The summed E-state index contributed by atoms with van der Waals surface area (Å²) < 4.78 is 15.8. The van der Waals surface area contributed by atoms with Crippen molar-refractivity contribution >= 4 is 15.9 Å². The normalized spacial score (nSPS) is 10.8. The van der Waals surface area contributed by atoms with Crippen molar-refractivity contribution in [1.82, 2.24) is 9.78 Å². The minimum Gasteiger partial charge on any atom is -0.330 e. The van der Waals surface area contributed by atoms with Crippen molar-refractivity contribution < 1.29 is 4.39 Å². The van der Waals surface area contributed by atoms with Crippen LogP contribution >= 0.6 is 15.9 Å². The maximum absolute atomic E-state index is 13.2. The molecule has 0 bridgehead atoms. The molecule has 5 heteroatoms. The van der Waals surface area contributed by atoms with Gasteiger partial charge in [0, 0.05) is 19.0 Å². The summed E-state index contributed by atoms with van der Waals surface area (Å²) in [5.74, 6) is -0.263. The zero-order valence-corrected chi connectivity index (χ0v) is 11.0. The smallest absolute Gasteiger partial charge is 0.123 e. The van der Waals surface area contributed by atoms with Crippen LogP contribution in [-0.4, -0.2) is 16.3 Å². The minimum absolute atomic E-state index is 0.263. The standard InChI is InChI=1S/C12H13BrFN3/c1-17-10(5-6-15)11(13)12(16-17)8-3-2-4-9(14)7-8/h2-4,7H,5-6,15H2,1H3. The van der Waals surface area contributed by atoms with Gasteiger partial charge in [-0.15, -0.1) is 0 Å². The quantitative estimate of drug-likeness (QED) is 0.946. The maximum Gasteiger partial charge on any atom is 0.123 e. The lowest BCUT2D eigenvalue weighted by Crippen LogP contribution is -2.07. The molecule has 0 atom stereocenters. The Morgan fingerprint density at radius 2 is 2.24 bits per heavy atom. The van der Waals surface area contributed by atoms with Crippen LogP contribution in [0, 0.1) is 5.82 Å². The molecule has 0 radical (unpaired) electrons. The summed E-state index contributed by atoms with van der Waals surface area (Å²) >= 11 is 3.50. The van der Waals surface area contributed by atoms with E-state index in [1.807, 2.05) is 13.1 Å². The molecular weight excluding hydrogens is 285 g/mol. The average Bonchev–Trinajstić information content (AvgIpc) is 2.57. The van der Waals surface area contributed by atoms with Gasteiger partial charge >= 0.3 is 0 Å². The van der Waals surface area contributed by atoms with Gasteiger partial charge in [0.1, 0.15) is 11.5 Å². The fourth-order valence-corrected chi connectivity index (χ4v) is 2.52. The van der Waals surface area contributed by atoms with Crippen LogP contribution in [-0.2, 0) is 13.5 Å². The topological polar surface area (TPSA) is 43.8 Å². The second kappa shape index (κ2) is 4.98. The lowest BCUT2D eigenvalue weighted by atomic mass is 10.1. The molecule has 0 aliphatic heterocycles. The van der Waals surface area contributed by atoms with Crippen LogP contribution in [0.5, 0.6) is 0 Å². The summed E-state index contributed by atoms with van der Waals surface area (Å²) in [5.41, 5.74) is 8.07. The first-order valence-electron chi connectivity index (χ1n) is 5.31. The fraction of sp³-hybridized carbons (Fsp3) is 0.250. The summed E-state index contributed by atoms with van der Waals surface area (Å²) in [6, 6.07) is 6.40. The molecule has 0 saturated heterocycles. The van der Waals surface area contributed by atoms with Crippen LogP contribution in [0.4, 0.5) is 4.39 Å². The van der Waals surface area contributed by atoms with Crippen molar-refractivity contribution in [3.05, 3.63) is 40.2 Å². The highest BCUT2D eigenvalue weighted by atomic mass is 79.9. The molecule has 2 rings (SSSR count). The molecule has 2 N–H and O–H groups in total. The number of aryl methyl sites for hydroxylation is 1. The van der Waals surface area contributed by atoms with Gasteiger partial charge in [0.25, 0.3) is 0 Å². The Kier molecular flexibility index (Phi) is 3.59. The number of nitrogens with two attached hydrogens (primary N) is 1. The molecule has 1 heterocycles. The zero-order chi connectivity index (χ0) is 12.4. The molecule has 1 aromatic heterocycles. The van der Waals surface area contributed by atoms with E-state index in [0.29, 0.717) is 6.54 Å². The lowest BCUT2D eigenvalue weighted by Gasteiger charge is -1.99. The molecule has 17 heavy (non-hydrogen) atoms. The molecule has 2 aromatic rings. The Balaban J connectivity index is 2.50. The van der Waals surface area contributed by atoms with Crippen molar-refractivity contribution in [3.63, 3.8) is 0 Å². The summed E-state index contributed by atoms with van der Waals surface area (Å²) in [6.45, 7) is 0.556. The molecule has 0 aliphatic rings. The van der Waals surface area contributed by atoms with Crippen molar-refractivity contribution in [1.29, 1.82) is 0 Å². The van der Waals surface area contributed by atoms with Crippen LogP contribution < -0.4 is 5.73 Å². The van der Waals surface area contributed by atoms with Gasteiger partial charge in [0.05, 0.1) is 10.2 Å². The third-order valence-electron chi connectivity index (χ3n) is 2.58. The van der Waals surface area contributed by atoms with E-state index in [1.165, 1.54) is 12.1 Å². The minimum atomic E-state index is -0.263. The van der Waals surface area contributed by atoms with Crippen molar-refractivity contribution in [3.8, 4) is 11.3 Å².